The van der Waals surface area contributed by atoms with Gasteiger partial charge < -0.3 is 14.8 Å². The first-order chi connectivity index (χ1) is 12.8. The van der Waals surface area contributed by atoms with Gasteiger partial charge in [0.1, 0.15) is 0 Å². The highest BCUT2D eigenvalue weighted by atomic mass is 35.5. The Hall–Kier alpha value is -1.55. The van der Waals surface area contributed by atoms with Crippen LogP contribution in [0.5, 0.6) is 11.5 Å². The van der Waals surface area contributed by atoms with Crippen LogP contribution in [0.15, 0.2) is 12.1 Å². The van der Waals surface area contributed by atoms with Gasteiger partial charge in [-0.3, -0.25) is 9.69 Å². The molecule has 0 aliphatic carbocycles. The second-order valence-corrected chi connectivity index (χ2v) is 9.03. The number of nitrogens with one attached hydrogen (secondary N) is 2. The minimum atomic E-state index is -3.26. The molecule has 1 fully saturated rings. The quantitative estimate of drug-likeness (QED) is 0.752. The van der Waals surface area contributed by atoms with Crippen LogP contribution in [0.1, 0.15) is 19.3 Å². The number of carbonyl (C=O) groups excluding carboxylic acids is 1. The lowest BCUT2D eigenvalue weighted by molar-refractivity contribution is -0.117. The number of sulfonamides is 1. The first kappa shape index (κ1) is 20.2. The summed E-state index contributed by atoms with van der Waals surface area (Å²) in [6.45, 7) is 2.50. The summed E-state index contributed by atoms with van der Waals surface area (Å²) in [6, 6.07) is 3.14. The van der Waals surface area contributed by atoms with Gasteiger partial charge in [-0.1, -0.05) is 11.6 Å². The van der Waals surface area contributed by atoms with E-state index in [0.29, 0.717) is 42.0 Å². The molecule has 0 radical (unpaired) electrons. The summed E-state index contributed by atoms with van der Waals surface area (Å²) < 4.78 is 36.6. The van der Waals surface area contributed by atoms with Crippen LogP contribution in [-0.4, -0.2) is 64.4 Å². The van der Waals surface area contributed by atoms with E-state index in [9.17, 15) is 13.2 Å². The van der Waals surface area contributed by atoms with E-state index in [-0.39, 0.29) is 18.5 Å². The molecule has 2 aliphatic rings. The Morgan fingerprint density at radius 1 is 1.26 bits per heavy atom. The summed E-state index contributed by atoms with van der Waals surface area (Å²) in [6.07, 6.45) is 3.51. The lowest BCUT2D eigenvalue weighted by Crippen LogP contribution is -2.49. The largest absolute Gasteiger partial charge is 0.490 e. The molecule has 0 spiro atoms. The Morgan fingerprint density at radius 3 is 2.67 bits per heavy atom. The van der Waals surface area contributed by atoms with Gasteiger partial charge in [-0.2, -0.15) is 0 Å². The smallest absolute Gasteiger partial charge is 0.238 e. The summed E-state index contributed by atoms with van der Waals surface area (Å²) in [5.41, 5.74) is 0.466. The number of carbonyl (C=O) groups is 1. The van der Waals surface area contributed by atoms with E-state index in [1.165, 1.54) is 0 Å². The fraction of sp³-hybridized carbons (Fsp3) is 0.588. The third-order valence-corrected chi connectivity index (χ3v) is 5.44. The first-order valence-electron chi connectivity index (χ1n) is 8.89. The van der Waals surface area contributed by atoms with Crippen molar-refractivity contribution in [3.8, 4) is 11.5 Å². The molecule has 0 bridgehead atoms. The van der Waals surface area contributed by atoms with Crippen LogP contribution in [0.2, 0.25) is 5.02 Å². The van der Waals surface area contributed by atoms with E-state index in [1.54, 1.807) is 12.1 Å². The standard InChI is InChI=1S/C17H24ClN3O5S/c1-27(23,24)20-12-4-2-5-21(10-12)11-17(22)19-14-9-16-15(8-13(14)18)25-6-3-7-26-16/h8-9,12,20H,2-7,10-11H2,1H3,(H,19,22). The Morgan fingerprint density at radius 2 is 1.96 bits per heavy atom. The van der Waals surface area contributed by atoms with E-state index in [2.05, 4.69) is 10.0 Å². The molecule has 1 saturated heterocycles. The number of anilines is 1. The van der Waals surface area contributed by atoms with Crippen molar-refractivity contribution in [2.75, 3.05) is 44.4 Å². The summed E-state index contributed by atoms with van der Waals surface area (Å²) in [7, 11) is -3.26. The fourth-order valence-electron chi connectivity index (χ4n) is 3.27. The number of likely N-dealkylation sites (tertiary alicyclic amines) is 1. The molecular formula is C17H24ClN3O5S. The molecule has 2 heterocycles. The van der Waals surface area contributed by atoms with Crippen molar-refractivity contribution in [1.82, 2.24) is 9.62 Å². The fourth-order valence-corrected chi connectivity index (χ4v) is 4.27. The van der Waals surface area contributed by atoms with Gasteiger partial charge in [-0.25, -0.2) is 13.1 Å². The molecule has 1 aromatic carbocycles. The molecule has 10 heteroatoms. The second-order valence-electron chi connectivity index (χ2n) is 6.84. The molecule has 2 aliphatic heterocycles. The monoisotopic (exact) mass is 417 g/mol. The number of piperidine rings is 1. The highest BCUT2D eigenvalue weighted by Gasteiger charge is 2.24. The Labute approximate surface area is 164 Å². The van der Waals surface area contributed by atoms with Gasteiger partial charge in [-0.15, -0.1) is 0 Å². The van der Waals surface area contributed by atoms with Crippen molar-refractivity contribution in [3.63, 3.8) is 0 Å². The van der Waals surface area contributed by atoms with Crippen molar-refractivity contribution < 1.29 is 22.7 Å². The Balaban J connectivity index is 1.60. The normalized spacial score (nSPS) is 20.7. The molecule has 3 rings (SSSR count). The number of benzene rings is 1. The van der Waals surface area contributed by atoms with Crippen molar-refractivity contribution in [3.05, 3.63) is 17.2 Å². The summed E-state index contributed by atoms with van der Waals surface area (Å²) >= 11 is 6.26. The molecule has 2 N–H and O–H groups in total. The predicted molar refractivity (Wildman–Crippen MR) is 103 cm³/mol. The van der Waals surface area contributed by atoms with Crippen molar-refractivity contribution in [2.24, 2.45) is 0 Å². The lowest BCUT2D eigenvalue weighted by Gasteiger charge is -2.32. The molecule has 1 unspecified atom stereocenters. The molecule has 0 aromatic heterocycles. The third kappa shape index (κ3) is 5.97. The number of amides is 1. The number of hydrogen-bond donors (Lipinski definition) is 2. The molecule has 27 heavy (non-hydrogen) atoms. The van der Waals surface area contributed by atoms with Gasteiger partial charge in [0.2, 0.25) is 15.9 Å². The van der Waals surface area contributed by atoms with Crippen LogP contribution < -0.4 is 19.5 Å². The first-order valence-corrected chi connectivity index (χ1v) is 11.2. The van der Waals surface area contributed by atoms with Crippen LogP contribution in [0, 0.1) is 0 Å². The van der Waals surface area contributed by atoms with Crippen LogP contribution in [-0.2, 0) is 14.8 Å². The van der Waals surface area contributed by atoms with Crippen molar-refractivity contribution >= 4 is 33.2 Å². The maximum atomic E-state index is 12.4. The van der Waals surface area contributed by atoms with E-state index in [1.807, 2.05) is 4.90 Å². The minimum Gasteiger partial charge on any atom is -0.490 e. The molecular weight excluding hydrogens is 394 g/mol. The Bertz CT molecular complexity index is 802. The van der Waals surface area contributed by atoms with Crippen LogP contribution >= 0.6 is 11.6 Å². The summed E-state index contributed by atoms with van der Waals surface area (Å²) in [5.74, 6) is 0.912. The van der Waals surface area contributed by atoms with Gasteiger partial charge in [0.25, 0.3) is 0 Å². The highest BCUT2D eigenvalue weighted by Crippen LogP contribution is 2.37. The van der Waals surface area contributed by atoms with Gasteiger partial charge in [0.15, 0.2) is 11.5 Å². The van der Waals surface area contributed by atoms with E-state index < -0.39 is 10.0 Å². The number of rotatable bonds is 5. The van der Waals surface area contributed by atoms with Gasteiger partial charge in [0, 0.05) is 31.1 Å². The van der Waals surface area contributed by atoms with E-state index in [4.69, 9.17) is 21.1 Å². The summed E-state index contributed by atoms with van der Waals surface area (Å²) in [5, 5.41) is 3.18. The van der Waals surface area contributed by atoms with Crippen LogP contribution in [0.3, 0.4) is 0 Å². The second kappa shape index (κ2) is 8.64. The maximum absolute atomic E-state index is 12.4. The molecule has 1 aromatic rings. The molecule has 1 amide bonds. The number of ether oxygens (including phenoxy) is 2. The topological polar surface area (TPSA) is 97.0 Å². The molecule has 150 valence electrons. The van der Waals surface area contributed by atoms with Crippen molar-refractivity contribution in [2.45, 2.75) is 25.3 Å². The summed E-state index contributed by atoms with van der Waals surface area (Å²) in [4.78, 5) is 14.4. The Kier molecular flexibility index (Phi) is 6.46. The zero-order valence-corrected chi connectivity index (χ0v) is 16.7. The molecule has 1 atom stereocenters. The van der Waals surface area contributed by atoms with E-state index in [0.717, 1.165) is 32.1 Å². The predicted octanol–water partition coefficient (Wildman–Crippen LogP) is 1.45. The molecule has 0 saturated carbocycles. The average Bonchev–Trinajstić information content (AvgIpc) is 2.78. The highest BCUT2D eigenvalue weighted by molar-refractivity contribution is 7.88. The van der Waals surface area contributed by atoms with Gasteiger partial charge >= 0.3 is 0 Å². The minimum absolute atomic E-state index is 0.159. The van der Waals surface area contributed by atoms with Crippen LogP contribution in [0.25, 0.3) is 0 Å². The third-order valence-electron chi connectivity index (χ3n) is 4.36. The number of fused-ring (bicyclic) bond motifs is 1. The van der Waals surface area contributed by atoms with Gasteiger partial charge in [0.05, 0.1) is 36.7 Å². The number of hydrogen-bond acceptors (Lipinski definition) is 6. The zero-order chi connectivity index (χ0) is 19.4. The van der Waals surface area contributed by atoms with E-state index >= 15 is 0 Å². The zero-order valence-electron chi connectivity index (χ0n) is 15.2. The maximum Gasteiger partial charge on any atom is 0.238 e. The van der Waals surface area contributed by atoms with Crippen molar-refractivity contribution in [1.29, 1.82) is 0 Å². The average molecular weight is 418 g/mol. The van der Waals surface area contributed by atoms with Crippen LogP contribution in [0.4, 0.5) is 5.69 Å². The number of halogens is 1. The lowest BCUT2D eigenvalue weighted by atomic mass is 10.1. The molecule has 8 nitrogen and oxygen atoms in total. The number of nitrogens with zero attached hydrogens (tertiary/aromatic N) is 1. The SMILES string of the molecule is CS(=O)(=O)NC1CCCN(CC(=O)Nc2cc3c(cc2Cl)OCCCO3)C1. The van der Waals surface area contributed by atoms with Gasteiger partial charge in [-0.05, 0) is 19.4 Å².